The first-order valence-corrected chi connectivity index (χ1v) is 9.90. The summed E-state index contributed by atoms with van der Waals surface area (Å²) < 4.78 is 10.3. The molecule has 0 radical (unpaired) electrons. The Labute approximate surface area is 148 Å². The molecule has 0 aromatic rings. The van der Waals surface area contributed by atoms with Gasteiger partial charge in [-0.15, -0.1) is 0 Å². The quantitative estimate of drug-likeness (QED) is 0.322. The number of hydrogen-bond donors (Lipinski definition) is 1. The van der Waals surface area contributed by atoms with E-state index in [0.717, 1.165) is 6.42 Å². The highest BCUT2D eigenvalue weighted by molar-refractivity contribution is 5.69. The molecule has 0 bridgehead atoms. The van der Waals surface area contributed by atoms with Crippen LogP contribution in [-0.4, -0.2) is 32.0 Å². The summed E-state index contributed by atoms with van der Waals surface area (Å²) in [6.07, 6.45) is 19.9. The number of hydrogen-bond acceptors (Lipinski definition) is 3. The van der Waals surface area contributed by atoms with Crippen molar-refractivity contribution < 1.29 is 14.3 Å². The highest BCUT2D eigenvalue weighted by Crippen LogP contribution is 2.13. The van der Waals surface area contributed by atoms with Crippen molar-refractivity contribution >= 4 is 6.09 Å². The summed E-state index contributed by atoms with van der Waals surface area (Å²) in [5, 5.41) is 2.76. The molecule has 1 amide bonds. The van der Waals surface area contributed by atoms with Gasteiger partial charge in [0.2, 0.25) is 0 Å². The van der Waals surface area contributed by atoms with E-state index in [1.807, 2.05) is 0 Å². The zero-order valence-corrected chi connectivity index (χ0v) is 15.7. The largest absolute Gasteiger partial charge is 0.447 e. The number of methoxy groups -OCH3 is 1. The van der Waals surface area contributed by atoms with Crippen molar-refractivity contribution in [1.29, 1.82) is 0 Å². The molecule has 1 fully saturated rings. The molecule has 0 aromatic heterocycles. The topological polar surface area (TPSA) is 47.6 Å². The summed E-state index contributed by atoms with van der Waals surface area (Å²) in [6, 6.07) is -0.0592. The van der Waals surface area contributed by atoms with Crippen LogP contribution in [0.3, 0.4) is 0 Å². The van der Waals surface area contributed by atoms with Gasteiger partial charge in [0.25, 0.3) is 0 Å². The van der Waals surface area contributed by atoms with E-state index in [0.29, 0.717) is 6.61 Å². The van der Waals surface area contributed by atoms with E-state index in [4.69, 9.17) is 9.47 Å². The maximum Gasteiger partial charge on any atom is 0.407 e. The van der Waals surface area contributed by atoms with E-state index in [2.05, 4.69) is 24.4 Å². The average Bonchev–Trinajstić information content (AvgIpc) is 3.01. The van der Waals surface area contributed by atoms with E-state index in [1.165, 1.54) is 70.6 Å². The Bertz CT molecular complexity index is 344. The van der Waals surface area contributed by atoms with Gasteiger partial charge >= 0.3 is 6.09 Å². The fraction of sp³-hybridized carbons (Fsp3) is 0.850. The van der Waals surface area contributed by atoms with Gasteiger partial charge < -0.3 is 14.8 Å². The molecule has 1 aliphatic heterocycles. The second-order valence-corrected chi connectivity index (χ2v) is 6.80. The fourth-order valence-corrected chi connectivity index (χ4v) is 3.11. The zero-order chi connectivity index (χ0) is 17.5. The third-order valence-electron chi connectivity index (χ3n) is 4.67. The number of carbonyl (C=O) groups is 1. The lowest BCUT2D eigenvalue weighted by Crippen LogP contribution is -2.38. The number of amides is 1. The minimum absolute atomic E-state index is 0.0592. The van der Waals surface area contributed by atoms with Crippen molar-refractivity contribution in [2.75, 3.05) is 13.7 Å². The number of cyclic esters (lactones) is 1. The maximum atomic E-state index is 11.0. The van der Waals surface area contributed by atoms with Crippen LogP contribution >= 0.6 is 0 Å². The van der Waals surface area contributed by atoms with Crippen LogP contribution in [0.2, 0.25) is 0 Å². The van der Waals surface area contributed by atoms with Gasteiger partial charge in [0.1, 0.15) is 6.61 Å². The predicted octanol–water partition coefficient (Wildman–Crippen LogP) is 5.37. The van der Waals surface area contributed by atoms with Gasteiger partial charge in [-0.2, -0.15) is 0 Å². The number of allylic oxidation sites excluding steroid dienone is 1. The van der Waals surface area contributed by atoms with Gasteiger partial charge in [-0.3, -0.25) is 0 Å². The molecule has 0 aromatic carbocycles. The Morgan fingerprint density at radius 1 is 1.08 bits per heavy atom. The first-order valence-electron chi connectivity index (χ1n) is 9.90. The summed E-state index contributed by atoms with van der Waals surface area (Å²) in [5.41, 5.74) is 0. The SMILES string of the molecule is CCCCCCCCCCCCC/C=C/[C@H](OC)[C@@H]1COC(=O)N1. The average molecular weight is 340 g/mol. The fourth-order valence-electron chi connectivity index (χ4n) is 3.11. The smallest absolute Gasteiger partial charge is 0.407 e. The number of rotatable bonds is 15. The highest BCUT2D eigenvalue weighted by Gasteiger charge is 2.28. The molecule has 140 valence electrons. The molecule has 0 spiro atoms. The van der Waals surface area contributed by atoms with Crippen LogP contribution in [-0.2, 0) is 9.47 Å². The van der Waals surface area contributed by atoms with Crippen LogP contribution in [0.15, 0.2) is 12.2 Å². The monoisotopic (exact) mass is 339 g/mol. The summed E-state index contributed by atoms with van der Waals surface area (Å²) in [7, 11) is 1.67. The molecule has 1 saturated heterocycles. The molecule has 0 unspecified atom stereocenters. The third kappa shape index (κ3) is 9.96. The summed E-state index contributed by atoms with van der Waals surface area (Å²) in [6.45, 7) is 2.66. The molecule has 0 aliphatic carbocycles. The van der Waals surface area contributed by atoms with Gasteiger partial charge in [-0.05, 0) is 12.8 Å². The van der Waals surface area contributed by atoms with Crippen LogP contribution in [0.1, 0.15) is 84.0 Å². The Hall–Kier alpha value is -1.03. The van der Waals surface area contributed by atoms with Crippen LogP contribution in [0, 0.1) is 0 Å². The number of unbranched alkanes of at least 4 members (excludes halogenated alkanes) is 11. The molecule has 24 heavy (non-hydrogen) atoms. The predicted molar refractivity (Wildman–Crippen MR) is 99.3 cm³/mol. The van der Waals surface area contributed by atoms with E-state index in [-0.39, 0.29) is 18.2 Å². The van der Waals surface area contributed by atoms with Gasteiger partial charge in [-0.1, -0.05) is 83.3 Å². The Balaban J connectivity index is 1.91. The first-order chi connectivity index (χ1) is 11.8. The lowest BCUT2D eigenvalue weighted by atomic mass is 10.0. The van der Waals surface area contributed by atoms with Gasteiger partial charge in [-0.25, -0.2) is 4.79 Å². The molecule has 4 heteroatoms. The van der Waals surface area contributed by atoms with Crippen molar-refractivity contribution in [2.24, 2.45) is 0 Å². The standard InChI is InChI=1S/C20H37NO3/c1-3-4-5-6-7-8-9-10-11-12-13-14-15-16-19(23-2)18-17-24-20(22)21-18/h15-16,18-19H,3-14,17H2,1-2H3,(H,21,22)/b16-15+/t18-,19-/m0/s1. The van der Waals surface area contributed by atoms with Crippen LogP contribution in [0.5, 0.6) is 0 Å². The van der Waals surface area contributed by atoms with Crippen molar-refractivity contribution in [3.63, 3.8) is 0 Å². The molecular weight excluding hydrogens is 302 g/mol. The lowest BCUT2D eigenvalue weighted by molar-refractivity contribution is 0.105. The Morgan fingerprint density at radius 2 is 1.67 bits per heavy atom. The highest BCUT2D eigenvalue weighted by atomic mass is 16.6. The number of ether oxygens (including phenoxy) is 2. The van der Waals surface area contributed by atoms with E-state index < -0.39 is 0 Å². The van der Waals surface area contributed by atoms with E-state index >= 15 is 0 Å². The Morgan fingerprint density at radius 3 is 2.17 bits per heavy atom. The molecule has 1 N–H and O–H groups in total. The van der Waals surface area contributed by atoms with Crippen LogP contribution in [0.25, 0.3) is 0 Å². The Kier molecular flexibility index (Phi) is 12.5. The second kappa shape index (κ2) is 14.3. The van der Waals surface area contributed by atoms with Crippen molar-refractivity contribution in [1.82, 2.24) is 5.32 Å². The van der Waals surface area contributed by atoms with Crippen molar-refractivity contribution in [2.45, 2.75) is 96.1 Å². The number of alkyl carbamates (subject to hydrolysis) is 1. The molecule has 1 aliphatic rings. The van der Waals surface area contributed by atoms with Gasteiger partial charge in [0.05, 0.1) is 12.1 Å². The number of nitrogens with one attached hydrogen (secondary N) is 1. The number of carbonyl (C=O) groups excluding carboxylic acids is 1. The van der Waals surface area contributed by atoms with Gasteiger partial charge in [0, 0.05) is 7.11 Å². The first kappa shape index (κ1) is 21.0. The molecular formula is C20H37NO3. The minimum atomic E-state index is -0.346. The molecule has 2 atom stereocenters. The van der Waals surface area contributed by atoms with Gasteiger partial charge in [0.15, 0.2) is 0 Å². The third-order valence-corrected chi connectivity index (χ3v) is 4.67. The van der Waals surface area contributed by atoms with E-state index in [9.17, 15) is 4.79 Å². The van der Waals surface area contributed by atoms with Crippen LogP contribution in [0.4, 0.5) is 4.79 Å². The summed E-state index contributed by atoms with van der Waals surface area (Å²) in [4.78, 5) is 11.0. The normalized spacial score (nSPS) is 18.8. The minimum Gasteiger partial charge on any atom is -0.447 e. The lowest BCUT2D eigenvalue weighted by Gasteiger charge is -2.16. The van der Waals surface area contributed by atoms with Crippen molar-refractivity contribution in [3.05, 3.63) is 12.2 Å². The zero-order valence-electron chi connectivity index (χ0n) is 15.7. The summed E-state index contributed by atoms with van der Waals surface area (Å²) in [5.74, 6) is 0. The maximum absolute atomic E-state index is 11.0. The molecule has 1 heterocycles. The molecule has 4 nitrogen and oxygen atoms in total. The van der Waals surface area contributed by atoms with Crippen LogP contribution < -0.4 is 5.32 Å². The second-order valence-electron chi connectivity index (χ2n) is 6.80. The summed E-state index contributed by atoms with van der Waals surface area (Å²) >= 11 is 0. The molecule has 0 saturated carbocycles. The van der Waals surface area contributed by atoms with E-state index in [1.54, 1.807) is 7.11 Å². The molecule has 1 rings (SSSR count). The van der Waals surface area contributed by atoms with Crippen molar-refractivity contribution in [3.8, 4) is 0 Å².